The molecular formula is C10H12N2O2. The van der Waals surface area contributed by atoms with E-state index in [2.05, 4.69) is 11.6 Å². The van der Waals surface area contributed by atoms with E-state index in [1.165, 1.54) is 0 Å². The molecule has 1 rings (SSSR count). The molecule has 0 aliphatic carbocycles. The van der Waals surface area contributed by atoms with Crippen LogP contribution in [0.3, 0.4) is 0 Å². The molecule has 0 amide bonds. The highest BCUT2D eigenvalue weighted by atomic mass is 16.5. The number of aromatic nitrogens is 1. The van der Waals surface area contributed by atoms with Crippen LogP contribution in [0, 0.1) is 0 Å². The molecule has 0 aliphatic rings. The van der Waals surface area contributed by atoms with Crippen LogP contribution in [0.4, 0.5) is 5.82 Å². The summed E-state index contributed by atoms with van der Waals surface area (Å²) in [5, 5.41) is 0. The summed E-state index contributed by atoms with van der Waals surface area (Å²) in [5.41, 5.74) is 6.55. The molecule has 0 radical (unpaired) electrons. The predicted octanol–water partition coefficient (Wildman–Crippen LogP) is 1.48. The van der Waals surface area contributed by atoms with E-state index in [0.29, 0.717) is 6.61 Å². The monoisotopic (exact) mass is 192 g/mol. The van der Waals surface area contributed by atoms with Gasteiger partial charge in [-0.15, -0.1) is 0 Å². The summed E-state index contributed by atoms with van der Waals surface area (Å²) < 4.78 is 4.82. The van der Waals surface area contributed by atoms with Crippen molar-refractivity contribution in [1.82, 2.24) is 4.98 Å². The number of pyridine rings is 1. The minimum Gasteiger partial charge on any atom is -0.462 e. The molecular weight excluding hydrogens is 180 g/mol. The molecule has 14 heavy (non-hydrogen) atoms. The Morgan fingerprint density at radius 1 is 1.79 bits per heavy atom. The standard InChI is InChI=1S/C10H12N2O2/c1-3-7-5-8(9(11)12-6-7)10(13)14-4-2/h3,5-6H,1,4H2,2H3,(H2,11,12). The Bertz CT molecular complexity index is 361. The molecule has 1 heterocycles. The number of esters is 1. The van der Waals surface area contributed by atoms with Gasteiger partial charge in [0.1, 0.15) is 11.4 Å². The van der Waals surface area contributed by atoms with Crippen molar-refractivity contribution in [3.05, 3.63) is 30.0 Å². The maximum atomic E-state index is 11.4. The van der Waals surface area contributed by atoms with Gasteiger partial charge in [0.25, 0.3) is 0 Å². The molecule has 2 N–H and O–H groups in total. The van der Waals surface area contributed by atoms with Gasteiger partial charge in [0.05, 0.1) is 6.61 Å². The summed E-state index contributed by atoms with van der Waals surface area (Å²) in [4.78, 5) is 15.2. The zero-order valence-electron chi connectivity index (χ0n) is 7.99. The second-order valence-electron chi connectivity index (χ2n) is 2.63. The molecule has 4 heteroatoms. The number of nitrogens with two attached hydrogens (primary N) is 1. The maximum absolute atomic E-state index is 11.4. The minimum atomic E-state index is -0.457. The lowest BCUT2D eigenvalue weighted by Crippen LogP contribution is -2.09. The predicted molar refractivity (Wildman–Crippen MR) is 54.7 cm³/mol. The van der Waals surface area contributed by atoms with Crippen LogP contribution in [0.1, 0.15) is 22.8 Å². The van der Waals surface area contributed by atoms with E-state index < -0.39 is 5.97 Å². The second kappa shape index (κ2) is 4.41. The van der Waals surface area contributed by atoms with Crippen LogP contribution in [0.25, 0.3) is 6.08 Å². The van der Waals surface area contributed by atoms with E-state index in [1.54, 1.807) is 25.3 Å². The Hall–Kier alpha value is -1.84. The van der Waals surface area contributed by atoms with E-state index in [4.69, 9.17) is 10.5 Å². The van der Waals surface area contributed by atoms with Gasteiger partial charge in [0.2, 0.25) is 0 Å². The number of hydrogen-bond acceptors (Lipinski definition) is 4. The molecule has 74 valence electrons. The first-order valence-corrected chi connectivity index (χ1v) is 4.24. The molecule has 0 atom stereocenters. The Morgan fingerprint density at radius 3 is 3.07 bits per heavy atom. The average Bonchev–Trinajstić information content (AvgIpc) is 2.19. The Balaban J connectivity index is 3.05. The van der Waals surface area contributed by atoms with Crippen molar-refractivity contribution in [2.75, 3.05) is 12.3 Å². The first kappa shape index (κ1) is 10.2. The first-order valence-electron chi connectivity index (χ1n) is 4.24. The van der Waals surface area contributed by atoms with Gasteiger partial charge in [0.15, 0.2) is 0 Å². The lowest BCUT2D eigenvalue weighted by atomic mass is 10.2. The molecule has 0 aliphatic heterocycles. The number of anilines is 1. The normalized spacial score (nSPS) is 9.50. The lowest BCUT2D eigenvalue weighted by molar-refractivity contribution is 0.0527. The van der Waals surface area contributed by atoms with Crippen molar-refractivity contribution in [3.8, 4) is 0 Å². The van der Waals surface area contributed by atoms with Gasteiger partial charge in [0, 0.05) is 6.20 Å². The summed E-state index contributed by atoms with van der Waals surface area (Å²) in [6.07, 6.45) is 3.14. The maximum Gasteiger partial charge on any atom is 0.341 e. The minimum absolute atomic E-state index is 0.175. The van der Waals surface area contributed by atoms with E-state index in [9.17, 15) is 4.79 Å². The molecule has 4 nitrogen and oxygen atoms in total. The molecule has 0 spiro atoms. The fourth-order valence-corrected chi connectivity index (χ4v) is 0.975. The van der Waals surface area contributed by atoms with Gasteiger partial charge in [-0.25, -0.2) is 9.78 Å². The Kier molecular flexibility index (Phi) is 3.23. The summed E-state index contributed by atoms with van der Waals surface area (Å²) in [6.45, 7) is 5.63. The van der Waals surface area contributed by atoms with Gasteiger partial charge in [-0.1, -0.05) is 12.7 Å². The molecule has 1 aromatic rings. The van der Waals surface area contributed by atoms with E-state index in [-0.39, 0.29) is 11.4 Å². The van der Waals surface area contributed by atoms with Crippen molar-refractivity contribution < 1.29 is 9.53 Å². The SMILES string of the molecule is C=Cc1cnc(N)c(C(=O)OCC)c1. The van der Waals surface area contributed by atoms with Crippen LogP contribution >= 0.6 is 0 Å². The lowest BCUT2D eigenvalue weighted by Gasteiger charge is -2.04. The Morgan fingerprint density at radius 2 is 2.50 bits per heavy atom. The van der Waals surface area contributed by atoms with E-state index in [0.717, 1.165) is 5.56 Å². The zero-order chi connectivity index (χ0) is 10.6. The van der Waals surface area contributed by atoms with Crippen LogP contribution in [-0.4, -0.2) is 17.6 Å². The van der Waals surface area contributed by atoms with Gasteiger partial charge in [-0.05, 0) is 18.6 Å². The third-order valence-electron chi connectivity index (χ3n) is 1.67. The zero-order valence-corrected chi connectivity index (χ0v) is 7.99. The molecule has 0 saturated heterocycles. The number of nitrogen functional groups attached to an aromatic ring is 1. The fourth-order valence-electron chi connectivity index (χ4n) is 0.975. The first-order chi connectivity index (χ1) is 6.69. The number of hydrogen-bond donors (Lipinski definition) is 1. The van der Waals surface area contributed by atoms with Crippen molar-refractivity contribution in [2.45, 2.75) is 6.92 Å². The van der Waals surface area contributed by atoms with E-state index >= 15 is 0 Å². The summed E-state index contributed by atoms with van der Waals surface area (Å²) >= 11 is 0. The van der Waals surface area contributed by atoms with Crippen molar-refractivity contribution in [2.24, 2.45) is 0 Å². The van der Waals surface area contributed by atoms with Crippen LogP contribution in [0.2, 0.25) is 0 Å². The molecule has 0 saturated carbocycles. The quantitative estimate of drug-likeness (QED) is 0.737. The average molecular weight is 192 g/mol. The number of ether oxygens (including phenoxy) is 1. The van der Waals surface area contributed by atoms with Crippen molar-refractivity contribution in [1.29, 1.82) is 0 Å². The van der Waals surface area contributed by atoms with Crippen LogP contribution in [0.15, 0.2) is 18.8 Å². The summed E-state index contributed by atoms with van der Waals surface area (Å²) in [5.74, 6) is -0.282. The topological polar surface area (TPSA) is 65.2 Å². The van der Waals surface area contributed by atoms with Crippen LogP contribution in [-0.2, 0) is 4.74 Å². The molecule has 0 unspecified atom stereocenters. The number of carbonyl (C=O) groups is 1. The van der Waals surface area contributed by atoms with Crippen LogP contribution < -0.4 is 5.73 Å². The van der Waals surface area contributed by atoms with E-state index in [1.807, 2.05) is 0 Å². The third kappa shape index (κ3) is 2.10. The Labute approximate surface area is 82.4 Å². The highest BCUT2D eigenvalue weighted by Gasteiger charge is 2.11. The summed E-state index contributed by atoms with van der Waals surface area (Å²) in [6, 6.07) is 1.60. The van der Waals surface area contributed by atoms with Gasteiger partial charge in [-0.2, -0.15) is 0 Å². The fraction of sp³-hybridized carbons (Fsp3) is 0.200. The van der Waals surface area contributed by atoms with Gasteiger partial charge >= 0.3 is 5.97 Å². The smallest absolute Gasteiger partial charge is 0.341 e. The van der Waals surface area contributed by atoms with Crippen LogP contribution in [0.5, 0.6) is 0 Å². The number of nitrogens with zero attached hydrogens (tertiary/aromatic N) is 1. The third-order valence-corrected chi connectivity index (χ3v) is 1.67. The number of carbonyl (C=O) groups excluding carboxylic acids is 1. The van der Waals surface area contributed by atoms with Crippen molar-refractivity contribution >= 4 is 17.9 Å². The molecule has 0 bridgehead atoms. The molecule has 1 aromatic heterocycles. The van der Waals surface area contributed by atoms with Gasteiger partial charge in [-0.3, -0.25) is 0 Å². The second-order valence-corrected chi connectivity index (χ2v) is 2.63. The summed E-state index contributed by atoms with van der Waals surface area (Å²) in [7, 11) is 0. The largest absolute Gasteiger partial charge is 0.462 e. The highest BCUT2D eigenvalue weighted by molar-refractivity contribution is 5.94. The number of rotatable bonds is 3. The highest BCUT2D eigenvalue weighted by Crippen LogP contribution is 2.12. The molecule has 0 fully saturated rings. The molecule has 0 aromatic carbocycles. The van der Waals surface area contributed by atoms with Gasteiger partial charge < -0.3 is 10.5 Å². The van der Waals surface area contributed by atoms with Crippen molar-refractivity contribution in [3.63, 3.8) is 0 Å².